The Morgan fingerprint density at radius 1 is 1.50 bits per heavy atom. The molecule has 1 rings (SSSR count). The summed E-state index contributed by atoms with van der Waals surface area (Å²) >= 11 is 5.16. The summed E-state index contributed by atoms with van der Waals surface area (Å²) in [6, 6.07) is 7.45. The van der Waals surface area contributed by atoms with Gasteiger partial charge < -0.3 is 15.6 Å². The van der Waals surface area contributed by atoms with Crippen LogP contribution in [0.5, 0.6) is 5.75 Å². The molecule has 1 aromatic rings. The first-order valence-electron chi connectivity index (χ1n) is 5.92. The van der Waals surface area contributed by atoms with E-state index in [2.05, 4.69) is 0 Å². The molecule has 1 aromatic carbocycles. The highest BCUT2D eigenvalue weighted by molar-refractivity contribution is 7.80. The minimum absolute atomic E-state index is 0.0715. The van der Waals surface area contributed by atoms with E-state index in [-0.39, 0.29) is 12.6 Å². The Morgan fingerprint density at radius 3 is 2.67 bits per heavy atom. The van der Waals surface area contributed by atoms with Crippen LogP contribution in [0, 0.1) is 0 Å². The molecule has 0 heterocycles. The third kappa shape index (κ3) is 3.41. The van der Waals surface area contributed by atoms with Crippen LogP contribution in [0.25, 0.3) is 0 Å². The van der Waals surface area contributed by atoms with Crippen molar-refractivity contribution in [1.82, 2.24) is 4.90 Å². The van der Waals surface area contributed by atoms with Crippen molar-refractivity contribution in [3.63, 3.8) is 0 Å². The molecule has 0 aliphatic rings. The molecule has 1 unspecified atom stereocenters. The number of nitrogens with zero attached hydrogens (tertiary/aromatic N) is 1. The molecule has 100 valence electrons. The SMILES string of the molecule is CCN(CCO)C(C(N)=S)c1ccccc1OC. The van der Waals surface area contributed by atoms with Crippen LogP contribution in [0.4, 0.5) is 0 Å². The monoisotopic (exact) mass is 268 g/mol. The Balaban J connectivity index is 3.14. The maximum absolute atomic E-state index is 9.11. The van der Waals surface area contributed by atoms with Gasteiger partial charge in [0.05, 0.1) is 24.7 Å². The van der Waals surface area contributed by atoms with E-state index in [1.54, 1.807) is 7.11 Å². The Morgan fingerprint density at radius 2 is 2.17 bits per heavy atom. The number of hydrogen-bond donors (Lipinski definition) is 2. The molecule has 0 aliphatic carbocycles. The lowest BCUT2D eigenvalue weighted by Gasteiger charge is -2.30. The first-order valence-corrected chi connectivity index (χ1v) is 6.33. The summed E-state index contributed by atoms with van der Waals surface area (Å²) in [5.41, 5.74) is 6.78. The van der Waals surface area contributed by atoms with Crippen molar-refractivity contribution in [3.8, 4) is 5.75 Å². The third-order valence-corrected chi connectivity index (χ3v) is 3.08. The fraction of sp³-hybridized carbons (Fsp3) is 0.462. The van der Waals surface area contributed by atoms with Crippen molar-refractivity contribution in [3.05, 3.63) is 29.8 Å². The number of nitrogens with two attached hydrogens (primary N) is 1. The highest BCUT2D eigenvalue weighted by Gasteiger charge is 2.24. The van der Waals surface area contributed by atoms with Crippen LogP contribution in [-0.2, 0) is 0 Å². The molecule has 0 amide bonds. The quantitative estimate of drug-likeness (QED) is 0.731. The molecule has 4 nitrogen and oxygen atoms in total. The van der Waals surface area contributed by atoms with Crippen LogP contribution in [0.3, 0.4) is 0 Å². The normalized spacial score (nSPS) is 12.4. The average Bonchev–Trinajstić information content (AvgIpc) is 2.38. The number of para-hydroxylation sites is 1. The van der Waals surface area contributed by atoms with Crippen molar-refractivity contribution < 1.29 is 9.84 Å². The molecule has 0 fully saturated rings. The number of aliphatic hydroxyl groups is 1. The molecular formula is C13H20N2O2S. The van der Waals surface area contributed by atoms with E-state index in [4.69, 9.17) is 27.8 Å². The number of rotatable bonds is 7. The minimum atomic E-state index is -0.215. The molecule has 0 bridgehead atoms. The van der Waals surface area contributed by atoms with Gasteiger partial charge in [0, 0.05) is 12.1 Å². The molecule has 0 spiro atoms. The van der Waals surface area contributed by atoms with E-state index in [1.807, 2.05) is 36.1 Å². The van der Waals surface area contributed by atoms with E-state index in [1.165, 1.54) is 0 Å². The summed E-state index contributed by atoms with van der Waals surface area (Å²) in [4.78, 5) is 2.41. The predicted octanol–water partition coefficient (Wildman–Crippen LogP) is 1.34. The topological polar surface area (TPSA) is 58.7 Å². The van der Waals surface area contributed by atoms with Crippen LogP contribution >= 0.6 is 12.2 Å². The lowest BCUT2D eigenvalue weighted by atomic mass is 10.0. The van der Waals surface area contributed by atoms with Gasteiger partial charge in [-0.2, -0.15) is 0 Å². The van der Waals surface area contributed by atoms with Crippen molar-refractivity contribution in [1.29, 1.82) is 0 Å². The highest BCUT2D eigenvalue weighted by atomic mass is 32.1. The van der Waals surface area contributed by atoms with E-state index in [0.29, 0.717) is 11.5 Å². The summed E-state index contributed by atoms with van der Waals surface area (Å²) in [5.74, 6) is 0.756. The van der Waals surface area contributed by atoms with Gasteiger partial charge in [-0.25, -0.2) is 0 Å². The number of benzene rings is 1. The van der Waals surface area contributed by atoms with Crippen LogP contribution in [0.15, 0.2) is 24.3 Å². The van der Waals surface area contributed by atoms with Gasteiger partial charge in [0.1, 0.15) is 5.75 Å². The van der Waals surface area contributed by atoms with Gasteiger partial charge in [-0.3, -0.25) is 4.90 Å². The van der Waals surface area contributed by atoms with Crippen LogP contribution in [0.2, 0.25) is 0 Å². The molecule has 0 aliphatic heterocycles. The number of ether oxygens (including phenoxy) is 1. The van der Waals surface area contributed by atoms with Crippen LogP contribution in [0.1, 0.15) is 18.5 Å². The first-order chi connectivity index (χ1) is 8.65. The Bertz CT molecular complexity index is 398. The fourth-order valence-electron chi connectivity index (χ4n) is 2.02. The summed E-state index contributed by atoms with van der Waals surface area (Å²) in [7, 11) is 1.62. The molecule has 1 atom stereocenters. The van der Waals surface area contributed by atoms with Gasteiger partial charge in [0.15, 0.2) is 0 Å². The zero-order chi connectivity index (χ0) is 13.5. The summed E-state index contributed by atoms with van der Waals surface area (Å²) in [6.45, 7) is 3.36. The second-order valence-electron chi connectivity index (χ2n) is 3.90. The van der Waals surface area contributed by atoms with Gasteiger partial charge >= 0.3 is 0 Å². The number of thiocarbonyl (C=S) groups is 1. The second kappa shape index (κ2) is 7.31. The van der Waals surface area contributed by atoms with E-state index >= 15 is 0 Å². The van der Waals surface area contributed by atoms with Gasteiger partial charge in [0.2, 0.25) is 0 Å². The standard InChI is InChI=1S/C13H20N2O2S/c1-3-15(8-9-16)12(13(14)18)10-6-4-5-7-11(10)17-2/h4-7,12,16H,3,8-9H2,1-2H3,(H2,14,18). The zero-order valence-electron chi connectivity index (χ0n) is 10.8. The first kappa shape index (κ1) is 14.9. The van der Waals surface area contributed by atoms with E-state index < -0.39 is 0 Å². The zero-order valence-corrected chi connectivity index (χ0v) is 11.6. The Kier molecular flexibility index (Phi) is 6.04. The van der Waals surface area contributed by atoms with Gasteiger partial charge in [0.25, 0.3) is 0 Å². The molecular weight excluding hydrogens is 248 g/mol. The molecule has 0 saturated carbocycles. The van der Waals surface area contributed by atoms with E-state index in [0.717, 1.165) is 17.9 Å². The van der Waals surface area contributed by atoms with Crippen LogP contribution < -0.4 is 10.5 Å². The lowest BCUT2D eigenvalue weighted by Crippen LogP contribution is -2.38. The number of methoxy groups -OCH3 is 1. The van der Waals surface area contributed by atoms with Crippen LogP contribution in [-0.4, -0.2) is 41.8 Å². The van der Waals surface area contributed by atoms with E-state index in [9.17, 15) is 0 Å². The second-order valence-corrected chi connectivity index (χ2v) is 4.37. The summed E-state index contributed by atoms with van der Waals surface area (Å²) in [5, 5.41) is 9.11. The largest absolute Gasteiger partial charge is 0.496 e. The lowest BCUT2D eigenvalue weighted by molar-refractivity contribution is 0.184. The van der Waals surface area contributed by atoms with Crippen molar-refractivity contribution >= 4 is 17.2 Å². The number of aliphatic hydroxyl groups excluding tert-OH is 1. The number of likely N-dealkylation sites (N-methyl/N-ethyl adjacent to an activating group) is 1. The molecule has 0 saturated heterocycles. The number of hydrogen-bond acceptors (Lipinski definition) is 4. The Labute approximate surface area is 113 Å². The van der Waals surface area contributed by atoms with Crippen molar-refractivity contribution in [2.75, 3.05) is 26.8 Å². The molecule has 0 aromatic heterocycles. The van der Waals surface area contributed by atoms with Gasteiger partial charge in [-0.1, -0.05) is 37.3 Å². The summed E-state index contributed by atoms with van der Waals surface area (Å²) < 4.78 is 5.34. The molecule has 3 N–H and O–H groups in total. The maximum atomic E-state index is 9.11. The van der Waals surface area contributed by atoms with Gasteiger partial charge in [-0.05, 0) is 12.6 Å². The summed E-state index contributed by atoms with van der Waals surface area (Å²) in [6.07, 6.45) is 0. The van der Waals surface area contributed by atoms with Crippen molar-refractivity contribution in [2.45, 2.75) is 13.0 Å². The predicted molar refractivity (Wildman–Crippen MR) is 76.9 cm³/mol. The average molecular weight is 268 g/mol. The van der Waals surface area contributed by atoms with Crippen molar-refractivity contribution in [2.24, 2.45) is 5.73 Å². The smallest absolute Gasteiger partial charge is 0.124 e. The Hall–Kier alpha value is -1.17. The highest BCUT2D eigenvalue weighted by Crippen LogP contribution is 2.29. The molecule has 0 radical (unpaired) electrons. The van der Waals surface area contributed by atoms with Gasteiger partial charge in [-0.15, -0.1) is 0 Å². The third-order valence-electron chi connectivity index (χ3n) is 2.86. The minimum Gasteiger partial charge on any atom is -0.496 e. The molecule has 5 heteroatoms. The maximum Gasteiger partial charge on any atom is 0.124 e. The molecule has 18 heavy (non-hydrogen) atoms. The fourth-order valence-corrected chi connectivity index (χ4v) is 2.30.